The molecule has 2 amide bonds. The predicted molar refractivity (Wildman–Crippen MR) is 111 cm³/mol. The summed E-state index contributed by atoms with van der Waals surface area (Å²) in [4.78, 5) is 26.0. The standard InChI is InChI=1S/C21H24ClN3O3/c1-14(21(27)23-13-15-6-3-4-7-19(15)28-2)24-16-9-10-18(17(22)12-16)25-11-5-8-20(25)26/h3-4,6-7,9-10,12,14,24H,5,8,11,13H2,1-2H3,(H,23,27)/t14-/m0/s1. The molecule has 3 rings (SSSR count). The van der Waals surface area contributed by atoms with E-state index in [1.807, 2.05) is 36.4 Å². The van der Waals surface area contributed by atoms with Crippen LogP contribution in [0.5, 0.6) is 5.75 Å². The van der Waals surface area contributed by atoms with E-state index in [0.717, 1.165) is 23.4 Å². The number of carbonyl (C=O) groups excluding carboxylic acids is 2. The number of ether oxygens (including phenoxy) is 1. The van der Waals surface area contributed by atoms with Crippen LogP contribution in [0, 0.1) is 0 Å². The first kappa shape index (κ1) is 20.0. The molecule has 2 aromatic rings. The Bertz CT molecular complexity index is 872. The summed E-state index contributed by atoms with van der Waals surface area (Å²) in [6.07, 6.45) is 1.40. The van der Waals surface area contributed by atoms with Gasteiger partial charge < -0.3 is 20.3 Å². The third-order valence-corrected chi connectivity index (χ3v) is 5.04. The lowest BCUT2D eigenvalue weighted by Gasteiger charge is -2.20. The fraction of sp³-hybridized carbons (Fsp3) is 0.333. The van der Waals surface area contributed by atoms with Crippen LogP contribution in [0.1, 0.15) is 25.3 Å². The van der Waals surface area contributed by atoms with Gasteiger partial charge in [-0.3, -0.25) is 9.59 Å². The number of anilines is 2. The minimum absolute atomic E-state index is 0.0895. The summed E-state index contributed by atoms with van der Waals surface area (Å²) >= 11 is 6.36. The summed E-state index contributed by atoms with van der Waals surface area (Å²) in [7, 11) is 1.61. The predicted octanol–water partition coefficient (Wildman–Crippen LogP) is 3.59. The Kier molecular flexibility index (Phi) is 6.41. The average molecular weight is 402 g/mol. The number of halogens is 1. The van der Waals surface area contributed by atoms with Gasteiger partial charge in [0.25, 0.3) is 0 Å². The second-order valence-electron chi connectivity index (χ2n) is 6.71. The molecule has 148 valence electrons. The molecule has 0 radical (unpaired) electrons. The van der Waals surface area contributed by atoms with Crippen molar-refractivity contribution >= 4 is 34.8 Å². The van der Waals surface area contributed by atoms with Gasteiger partial charge in [-0.15, -0.1) is 0 Å². The van der Waals surface area contributed by atoms with E-state index >= 15 is 0 Å². The lowest BCUT2D eigenvalue weighted by Crippen LogP contribution is -2.37. The SMILES string of the molecule is COc1ccccc1CNC(=O)[C@H](C)Nc1ccc(N2CCCC2=O)c(Cl)c1. The molecule has 0 spiro atoms. The number of benzene rings is 2. The third-order valence-electron chi connectivity index (χ3n) is 4.73. The summed E-state index contributed by atoms with van der Waals surface area (Å²) in [6, 6.07) is 12.5. The molecular formula is C21H24ClN3O3. The van der Waals surface area contributed by atoms with E-state index in [4.69, 9.17) is 16.3 Å². The number of rotatable bonds is 7. The lowest BCUT2D eigenvalue weighted by atomic mass is 10.2. The Hall–Kier alpha value is -2.73. The summed E-state index contributed by atoms with van der Waals surface area (Å²) in [5.41, 5.74) is 2.34. The summed E-state index contributed by atoms with van der Waals surface area (Å²) < 4.78 is 5.30. The Morgan fingerprint density at radius 2 is 2.07 bits per heavy atom. The van der Waals surface area contributed by atoms with Crippen LogP contribution in [-0.2, 0) is 16.1 Å². The maximum absolute atomic E-state index is 12.4. The first-order valence-electron chi connectivity index (χ1n) is 9.25. The molecule has 7 heteroatoms. The highest BCUT2D eigenvalue weighted by Gasteiger charge is 2.24. The number of nitrogens with one attached hydrogen (secondary N) is 2. The van der Waals surface area contributed by atoms with E-state index in [2.05, 4.69) is 10.6 Å². The van der Waals surface area contributed by atoms with Crippen molar-refractivity contribution in [1.82, 2.24) is 5.32 Å². The zero-order chi connectivity index (χ0) is 20.1. The van der Waals surface area contributed by atoms with Gasteiger partial charge in [0.15, 0.2) is 0 Å². The second-order valence-corrected chi connectivity index (χ2v) is 7.12. The summed E-state index contributed by atoms with van der Waals surface area (Å²) in [5.74, 6) is 0.690. The van der Waals surface area contributed by atoms with E-state index < -0.39 is 6.04 Å². The maximum Gasteiger partial charge on any atom is 0.242 e. The van der Waals surface area contributed by atoms with Crippen LogP contribution in [0.15, 0.2) is 42.5 Å². The number of amides is 2. The monoisotopic (exact) mass is 401 g/mol. The smallest absolute Gasteiger partial charge is 0.242 e. The molecule has 0 aromatic heterocycles. The topological polar surface area (TPSA) is 70.7 Å². The summed E-state index contributed by atoms with van der Waals surface area (Å²) in [6.45, 7) is 2.85. The van der Waals surface area contributed by atoms with Crippen LogP contribution in [0.2, 0.25) is 5.02 Å². The fourth-order valence-electron chi connectivity index (χ4n) is 3.22. The van der Waals surface area contributed by atoms with E-state index in [1.165, 1.54) is 0 Å². The van der Waals surface area contributed by atoms with Crippen LogP contribution in [0.25, 0.3) is 0 Å². The molecule has 1 fully saturated rings. The number of methoxy groups -OCH3 is 1. The molecule has 2 N–H and O–H groups in total. The maximum atomic E-state index is 12.4. The van der Waals surface area contributed by atoms with Crippen LogP contribution in [-0.4, -0.2) is 31.5 Å². The van der Waals surface area contributed by atoms with E-state index in [1.54, 1.807) is 25.0 Å². The van der Waals surface area contributed by atoms with E-state index in [0.29, 0.717) is 30.2 Å². The highest BCUT2D eigenvalue weighted by atomic mass is 35.5. The molecule has 2 aromatic carbocycles. The molecule has 0 aliphatic carbocycles. The molecule has 28 heavy (non-hydrogen) atoms. The van der Waals surface area contributed by atoms with Crippen molar-refractivity contribution in [3.05, 3.63) is 53.1 Å². The van der Waals surface area contributed by atoms with Gasteiger partial charge in [-0.1, -0.05) is 29.8 Å². The zero-order valence-electron chi connectivity index (χ0n) is 16.0. The van der Waals surface area contributed by atoms with Gasteiger partial charge in [-0.2, -0.15) is 0 Å². The van der Waals surface area contributed by atoms with Crippen molar-refractivity contribution in [2.24, 2.45) is 0 Å². The number of carbonyl (C=O) groups is 2. The second kappa shape index (κ2) is 8.97. The number of nitrogens with zero attached hydrogens (tertiary/aromatic N) is 1. The molecule has 0 unspecified atom stereocenters. The van der Waals surface area contributed by atoms with Crippen molar-refractivity contribution in [2.75, 3.05) is 23.9 Å². The minimum Gasteiger partial charge on any atom is -0.496 e. The minimum atomic E-state index is -0.454. The highest BCUT2D eigenvalue weighted by molar-refractivity contribution is 6.34. The van der Waals surface area contributed by atoms with E-state index in [9.17, 15) is 9.59 Å². The molecule has 1 aliphatic rings. The zero-order valence-corrected chi connectivity index (χ0v) is 16.8. The van der Waals surface area contributed by atoms with Crippen molar-refractivity contribution in [3.8, 4) is 5.75 Å². The van der Waals surface area contributed by atoms with Gasteiger partial charge in [0, 0.05) is 30.8 Å². The molecule has 6 nitrogen and oxygen atoms in total. The van der Waals surface area contributed by atoms with Gasteiger partial charge in [0.1, 0.15) is 11.8 Å². The molecule has 1 saturated heterocycles. The Morgan fingerprint density at radius 3 is 2.75 bits per heavy atom. The number of hydrogen-bond acceptors (Lipinski definition) is 4. The molecule has 0 saturated carbocycles. The Labute approximate surface area is 169 Å². The van der Waals surface area contributed by atoms with Crippen LogP contribution in [0.4, 0.5) is 11.4 Å². The molecule has 0 bridgehead atoms. The lowest BCUT2D eigenvalue weighted by molar-refractivity contribution is -0.121. The molecule has 1 heterocycles. The van der Waals surface area contributed by atoms with Gasteiger partial charge in [0.2, 0.25) is 11.8 Å². The fourth-order valence-corrected chi connectivity index (χ4v) is 3.50. The summed E-state index contributed by atoms with van der Waals surface area (Å²) in [5, 5.41) is 6.54. The highest BCUT2D eigenvalue weighted by Crippen LogP contribution is 2.31. The molecular weight excluding hydrogens is 378 g/mol. The van der Waals surface area contributed by atoms with Crippen molar-refractivity contribution in [2.45, 2.75) is 32.4 Å². The van der Waals surface area contributed by atoms with Crippen molar-refractivity contribution in [1.29, 1.82) is 0 Å². The Morgan fingerprint density at radius 1 is 1.29 bits per heavy atom. The van der Waals surface area contributed by atoms with Gasteiger partial charge in [-0.25, -0.2) is 0 Å². The van der Waals surface area contributed by atoms with Gasteiger partial charge >= 0.3 is 0 Å². The normalized spacial score (nSPS) is 14.7. The van der Waals surface area contributed by atoms with Crippen LogP contribution in [0.3, 0.4) is 0 Å². The molecule has 1 atom stereocenters. The third kappa shape index (κ3) is 4.57. The van der Waals surface area contributed by atoms with Gasteiger partial charge in [-0.05, 0) is 37.6 Å². The molecule has 1 aliphatic heterocycles. The number of hydrogen-bond donors (Lipinski definition) is 2. The van der Waals surface area contributed by atoms with E-state index in [-0.39, 0.29) is 11.8 Å². The van der Waals surface area contributed by atoms with Crippen molar-refractivity contribution < 1.29 is 14.3 Å². The largest absolute Gasteiger partial charge is 0.496 e. The first-order chi connectivity index (χ1) is 13.5. The van der Waals surface area contributed by atoms with Crippen LogP contribution < -0.4 is 20.3 Å². The average Bonchev–Trinajstić information content (AvgIpc) is 3.12. The number of para-hydroxylation sites is 1. The van der Waals surface area contributed by atoms with Gasteiger partial charge in [0.05, 0.1) is 17.8 Å². The van der Waals surface area contributed by atoms with Crippen LogP contribution >= 0.6 is 11.6 Å². The first-order valence-corrected chi connectivity index (χ1v) is 9.63. The Balaban J connectivity index is 1.59. The quantitative estimate of drug-likeness (QED) is 0.743. The van der Waals surface area contributed by atoms with Crippen molar-refractivity contribution in [3.63, 3.8) is 0 Å².